The molecule has 0 fully saturated rings. The number of carbonyl (C=O) groups excluding carboxylic acids is 1. The van der Waals surface area contributed by atoms with Crippen LogP contribution in [0.5, 0.6) is 0 Å². The van der Waals surface area contributed by atoms with Crippen LogP contribution in [0.3, 0.4) is 0 Å². The van der Waals surface area contributed by atoms with E-state index in [1.807, 2.05) is 38.8 Å². The van der Waals surface area contributed by atoms with Crippen LogP contribution in [-0.2, 0) is 23.8 Å². The standard InChI is InChI=1S/C15H28N4O/c1-8-18(6)14(20)11(2)16-9-12-10-19(7)17-13(12)15(3,4)5/h10-11,16H,8-9H2,1-7H3. The molecule has 1 unspecified atom stereocenters. The summed E-state index contributed by atoms with van der Waals surface area (Å²) in [7, 11) is 3.75. The maximum absolute atomic E-state index is 12.0. The van der Waals surface area contributed by atoms with Crippen LogP contribution in [-0.4, -0.2) is 40.2 Å². The minimum atomic E-state index is -0.187. The lowest BCUT2D eigenvalue weighted by Gasteiger charge is -2.22. The maximum Gasteiger partial charge on any atom is 0.239 e. The third kappa shape index (κ3) is 4.07. The average Bonchev–Trinajstić information content (AvgIpc) is 2.75. The first kappa shape index (κ1) is 16.7. The second-order valence-electron chi connectivity index (χ2n) is 6.38. The van der Waals surface area contributed by atoms with Crippen molar-refractivity contribution in [2.24, 2.45) is 7.05 Å². The monoisotopic (exact) mass is 280 g/mol. The van der Waals surface area contributed by atoms with Gasteiger partial charge in [-0.3, -0.25) is 9.48 Å². The van der Waals surface area contributed by atoms with E-state index in [2.05, 4.69) is 31.2 Å². The Kier molecular flexibility index (Phi) is 5.34. The molecule has 1 atom stereocenters. The molecule has 114 valence electrons. The van der Waals surface area contributed by atoms with Gasteiger partial charge >= 0.3 is 0 Å². The van der Waals surface area contributed by atoms with Crippen molar-refractivity contribution < 1.29 is 4.79 Å². The number of amides is 1. The molecule has 0 aliphatic rings. The molecule has 0 aromatic carbocycles. The van der Waals surface area contributed by atoms with Crippen molar-refractivity contribution in [3.63, 3.8) is 0 Å². The van der Waals surface area contributed by atoms with Crippen LogP contribution < -0.4 is 5.32 Å². The van der Waals surface area contributed by atoms with Gasteiger partial charge < -0.3 is 10.2 Å². The molecule has 5 nitrogen and oxygen atoms in total. The van der Waals surface area contributed by atoms with Crippen molar-refractivity contribution in [1.82, 2.24) is 20.0 Å². The summed E-state index contributed by atoms with van der Waals surface area (Å²) in [5, 5.41) is 7.83. The lowest BCUT2D eigenvalue weighted by atomic mass is 9.89. The maximum atomic E-state index is 12.0. The molecule has 0 aliphatic carbocycles. The van der Waals surface area contributed by atoms with Crippen LogP contribution in [0.4, 0.5) is 0 Å². The van der Waals surface area contributed by atoms with E-state index in [0.717, 1.165) is 17.8 Å². The summed E-state index contributed by atoms with van der Waals surface area (Å²) in [6.45, 7) is 11.7. The van der Waals surface area contributed by atoms with Crippen molar-refractivity contribution in [2.75, 3.05) is 13.6 Å². The molecule has 0 aliphatic heterocycles. The van der Waals surface area contributed by atoms with Crippen molar-refractivity contribution in [1.29, 1.82) is 0 Å². The number of carbonyl (C=O) groups is 1. The second-order valence-corrected chi connectivity index (χ2v) is 6.38. The molecule has 1 N–H and O–H groups in total. The highest BCUT2D eigenvalue weighted by molar-refractivity contribution is 5.81. The molecule has 0 bridgehead atoms. The average molecular weight is 280 g/mol. The van der Waals surface area contributed by atoms with E-state index in [1.54, 1.807) is 4.90 Å². The Morgan fingerprint density at radius 3 is 2.60 bits per heavy atom. The van der Waals surface area contributed by atoms with Crippen LogP contribution in [0, 0.1) is 0 Å². The second kappa shape index (κ2) is 6.39. The van der Waals surface area contributed by atoms with Crippen LogP contribution >= 0.6 is 0 Å². The number of hydrogen-bond donors (Lipinski definition) is 1. The fraction of sp³-hybridized carbons (Fsp3) is 0.733. The molecule has 1 amide bonds. The minimum absolute atomic E-state index is 0.00569. The first-order valence-corrected chi connectivity index (χ1v) is 7.18. The predicted molar refractivity (Wildman–Crippen MR) is 81.5 cm³/mol. The SMILES string of the molecule is CCN(C)C(=O)C(C)NCc1cn(C)nc1C(C)(C)C. The zero-order chi connectivity index (χ0) is 15.5. The lowest BCUT2D eigenvalue weighted by molar-refractivity contribution is -0.131. The lowest BCUT2D eigenvalue weighted by Crippen LogP contribution is -2.42. The topological polar surface area (TPSA) is 50.2 Å². The van der Waals surface area contributed by atoms with Crippen molar-refractivity contribution in [3.8, 4) is 0 Å². The molecule has 0 spiro atoms. The van der Waals surface area contributed by atoms with Crippen LogP contribution in [0.2, 0.25) is 0 Å². The number of aromatic nitrogens is 2. The number of nitrogens with one attached hydrogen (secondary N) is 1. The zero-order valence-corrected chi connectivity index (χ0v) is 13.8. The minimum Gasteiger partial charge on any atom is -0.345 e. The summed E-state index contributed by atoms with van der Waals surface area (Å²) in [4.78, 5) is 13.8. The van der Waals surface area contributed by atoms with E-state index in [4.69, 9.17) is 0 Å². The molecule has 1 heterocycles. The summed E-state index contributed by atoms with van der Waals surface area (Å²) < 4.78 is 1.84. The Labute approximate surface area is 122 Å². The quantitative estimate of drug-likeness (QED) is 0.892. The number of nitrogens with zero attached hydrogens (tertiary/aromatic N) is 3. The molecule has 1 rings (SSSR count). The summed E-state index contributed by atoms with van der Waals surface area (Å²) in [5.74, 6) is 0.119. The van der Waals surface area contributed by atoms with E-state index in [-0.39, 0.29) is 17.4 Å². The Morgan fingerprint density at radius 1 is 1.50 bits per heavy atom. The largest absolute Gasteiger partial charge is 0.345 e. The molecule has 20 heavy (non-hydrogen) atoms. The molecule has 0 saturated heterocycles. The molecular weight excluding hydrogens is 252 g/mol. The van der Waals surface area contributed by atoms with Gasteiger partial charge in [0.15, 0.2) is 0 Å². The van der Waals surface area contributed by atoms with Gasteiger partial charge in [0.05, 0.1) is 11.7 Å². The number of likely N-dealkylation sites (N-methyl/N-ethyl adjacent to an activating group) is 1. The third-order valence-electron chi connectivity index (χ3n) is 3.43. The van der Waals surface area contributed by atoms with Gasteiger partial charge in [-0.15, -0.1) is 0 Å². The van der Waals surface area contributed by atoms with E-state index in [1.165, 1.54) is 0 Å². The zero-order valence-electron chi connectivity index (χ0n) is 13.8. The highest BCUT2D eigenvalue weighted by atomic mass is 16.2. The fourth-order valence-corrected chi connectivity index (χ4v) is 2.14. The summed E-state index contributed by atoms with van der Waals surface area (Å²) in [6, 6.07) is -0.187. The summed E-state index contributed by atoms with van der Waals surface area (Å²) in [5.41, 5.74) is 2.24. The van der Waals surface area contributed by atoms with Crippen molar-refractivity contribution in [2.45, 2.75) is 52.6 Å². The smallest absolute Gasteiger partial charge is 0.239 e. The van der Waals surface area contributed by atoms with E-state index in [9.17, 15) is 4.79 Å². The molecule has 1 aromatic rings. The first-order valence-electron chi connectivity index (χ1n) is 7.18. The highest BCUT2D eigenvalue weighted by Crippen LogP contribution is 2.24. The van der Waals surface area contributed by atoms with Crippen LogP contribution in [0.15, 0.2) is 6.20 Å². The van der Waals surface area contributed by atoms with Gasteiger partial charge in [-0.25, -0.2) is 0 Å². The highest BCUT2D eigenvalue weighted by Gasteiger charge is 2.23. The normalized spacial score (nSPS) is 13.3. The number of hydrogen-bond acceptors (Lipinski definition) is 3. The van der Waals surface area contributed by atoms with Gasteiger partial charge in [-0.1, -0.05) is 20.8 Å². The Hall–Kier alpha value is -1.36. The van der Waals surface area contributed by atoms with Gasteiger partial charge in [0, 0.05) is 44.4 Å². The van der Waals surface area contributed by atoms with E-state index < -0.39 is 0 Å². The summed E-state index contributed by atoms with van der Waals surface area (Å²) >= 11 is 0. The first-order chi connectivity index (χ1) is 9.16. The molecule has 0 radical (unpaired) electrons. The van der Waals surface area contributed by atoms with Gasteiger partial charge in [0.1, 0.15) is 0 Å². The van der Waals surface area contributed by atoms with Crippen molar-refractivity contribution in [3.05, 3.63) is 17.5 Å². The van der Waals surface area contributed by atoms with Crippen molar-refractivity contribution >= 4 is 5.91 Å². The van der Waals surface area contributed by atoms with E-state index >= 15 is 0 Å². The van der Waals surface area contributed by atoms with Gasteiger partial charge in [-0.05, 0) is 13.8 Å². The molecule has 1 aromatic heterocycles. The van der Waals surface area contributed by atoms with Gasteiger partial charge in [-0.2, -0.15) is 5.10 Å². The van der Waals surface area contributed by atoms with E-state index in [0.29, 0.717) is 6.54 Å². The Morgan fingerprint density at radius 2 is 2.10 bits per heavy atom. The van der Waals surface area contributed by atoms with Gasteiger partial charge in [0.25, 0.3) is 0 Å². The third-order valence-corrected chi connectivity index (χ3v) is 3.43. The molecule has 5 heteroatoms. The van der Waals surface area contributed by atoms with Crippen LogP contribution in [0.1, 0.15) is 45.9 Å². The predicted octanol–water partition coefficient (Wildman–Crippen LogP) is 1.67. The Bertz CT molecular complexity index is 459. The summed E-state index contributed by atoms with van der Waals surface area (Å²) in [6.07, 6.45) is 2.02. The van der Waals surface area contributed by atoms with Gasteiger partial charge in [0.2, 0.25) is 5.91 Å². The Balaban J connectivity index is 2.73. The number of rotatable bonds is 5. The number of aryl methyl sites for hydroxylation is 1. The fourth-order valence-electron chi connectivity index (χ4n) is 2.14. The molecule has 0 saturated carbocycles. The molecular formula is C15H28N4O. The van der Waals surface area contributed by atoms with Crippen LogP contribution in [0.25, 0.3) is 0 Å².